The molecule has 0 aliphatic rings. The average molecular weight is 344 g/mol. The van der Waals surface area contributed by atoms with E-state index in [-0.39, 0.29) is 16.8 Å². The van der Waals surface area contributed by atoms with E-state index in [2.05, 4.69) is 10.1 Å². The molecule has 0 saturated carbocycles. The van der Waals surface area contributed by atoms with Gasteiger partial charge in [0.15, 0.2) is 5.82 Å². The van der Waals surface area contributed by atoms with Crippen molar-refractivity contribution in [1.82, 2.24) is 10.1 Å². The zero-order chi connectivity index (χ0) is 17.1. The normalized spacial score (nSPS) is 13.6. The first-order chi connectivity index (χ1) is 11.5. The van der Waals surface area contributed by atoms with Crippen molar-refractivity contribution >= 4 is 10.8 Å². The summed E-state index contributed by atoms with van der Waals surface area (Å²) in [5.74, 6) is 0.710. The van der Waals surface area contributed by atoms with Crippen LogP contribution < -0.4 is 0 Å². The molecule has 2 unspecified atom stereocenters. The second-order valence-electron chi connectivity index (χ2n) is 5.55. The summed E-state index contributed by atoms with van der Waals surface area (Å²) in [6.07, 6.45) is 0. The molecule has 3 aromatic rings. The summed E-state index contributed by atoms with van der Waals surface area (Å²) in [6.45, 7) is 3.81. The van der Waals surface area contributed by atoms with Crippen LogP contribution in [0.15, 0.2) is 53.1 Å². The summed E-state index contributed by atoms with van der Waals surface area (Å²) in [7, 11) is -1.23. The van der Waals surface area contributed by atoms with E-state index >= 15 is 0 Å². The monoisotopic (exact) mass is 344 g/mol. The van der Waals surface area contributed by atoms with Crippen molar-refractivity contribution in [3.8, 4) is 11.5 Å². The van der Waals surface area contributed by atoms with E-state index in [4.69, 9.17) is 4.52 Å². The van der Waals surface area contributed by atoms with Crippen molar-refractivity contribution in [3.63, 3.8) is 0 Å². The third kappa shape index (κ3) is 3.59. The molecule has 1 heterocycles. The Morgan fingerprint density at radius 2 is 1.88 bits per heavy atom. The van der Waals surface area contributed by atoms with Gasteiger partial charge >= 0.3 is 0 Å². The van der Waals surface area contributed by atoms with Crippen LogP contribution in [0.2, 0.25) is 0 Å². The van der Waals surface area contributed by atoms with Crippen LogP contribution in [-0.4, -0.2) is 14.3 Å². The Labute approximate surface area is 142 Å². The van der Waals surface area contributed by atoms with Gasteiger partial charge in [0.1, 0.15) is 5.82 Å². The molecule has 6 heteroatoms. The minimum absolute atomic E-state index is 0.188. The third-order valence-electron chi connectivity index (χ3n) is 3.85. The lowest BCUT2D eigenvalue weighted by atomic mass is 10.1. The summed E-state index contributed by atoms with van der Waals surface area (Å²) in [5, 5.41) is 3.68. The summed E-state index contributed by atoms with van der Waals surface area (Å²) < 4.78 is 30.8. The molecule has 24 heavy (non-hydrogen) atoms. The van der Waals surface area contributed by atoms with Gasteiger partial charge in [0, 0.05) is 16.4 Å². The molecule has 0 spiro atoms. The van der Waals surface area contributed by atoms with Crippen molar-refractivity contribution in [2.75, 3.05) is 0 Å². The molecule has 0 radical (unpaired) electrons. The van der Waals surface area contributed by atoms with Crippen LogP contribution in [0.3, 0.4) is 0 Å². The fraction of sp³-hybridized carbons (Fsp3) is 0.222. The number of nitrogens with zero attached hydrogens (tertiary/aromatic N) is 2. The van der Waals surface area contributed by atoms with Crippen molar-refractivity contribution in [2.45, 2.75) is 24.9 Å². The summed E-state index contributed by atoms with van der Waals surface area (Å²) in [6, 6.07) is 13.7. The largest absolute Gasteiger partial charge is 0.334 e. The van der Waals surface area contributed by atoms with E-state index in [1.165, 1.54) is 12.1 Å². The van der Waals surface area contributed by atoms with Crippen molar-refractivity contribution in [2.24, 2.45) is 0 Å². The van der Waals surface area contributed by atoms with Crippen LogP contribution in [0.4, 0.5) is 4.39 Å². The van der Waals surface area contributed by atoms with E-state index in [0.29, 0.717) is 11.7 Å². The molecule has 2 aromatic carbocycles. The highest BCUT2D eigenvalue weighted by Crippen LogP contribution is 2.24. The van der Waals surface area contributed by atoms with E-state index in [9.17, 15) is 8.60 Å². The second-order valence-corrected chi connectivity index (χ2v) is 7.31. The Morgan fingerprint density at radius 1 is 1.17 bits per heavy atom. The molecule has 124 valence electrons. The van der Waals surface area contributed by atoms with Gasteiger partial charge < -0.3 is 4.52 Å². The number of rotatable bonds is 5. The molecule has 4 nitrogen and oxygen atoms in total. The van der Waals surface area contributed by atoms with Gasteiger partial charge in [0.2, 0.25) is 0 Å². The SMILES string of the molecule is Cc1ccccc1-c1nc(CS(=O)C(C)c2ccc(F)cc2)no1. The smallest absolute Gasteiger partial charge is 0.258 e. The summed E-state index contributed by atoms with van der Waals surface area (Å²) >= 11 is 0. The zero-order valence-corrected chi connectivity index (χ0v) is 14.2. The van der Waals surface area contributed by atoms with E-state index in [1.54, 1.807) is 12.1 Å². The number of hydrogen-bond acceptors (Lipinski definition) is 4. The van der Waals surface area contributed by atoms with Gasteiger partial charge in [-0.3, -0.25) is 4.21 Å². The number of aryl methyl sites for hydroxylation is 1. The van der Waals surface area contributed by atoms with Crippen LogP contribution in [0.1, 0.15) is 29.1 Å². The quantitative estimate of drug-likeness (QED) is 0.696. The van der Waals surface area contributed by atoms with E-state index < -0.39 is 10.8 Å². The summed E-state index contributed by atoms with van der Waals surface area (Å²) in [4.78, 5) is 4.34. The molecule has 0 saturated heterocycles. The lowest BCUT2D eigenvalue weighted by Gasteiger charge is -2.10. The molecular formula is C18H17FN2O2S. The first-order valence-corrected chi connectivity index (χ1v) is 8.94. The van der Waals surface area contributed by atoms with Crippen LogP contribution in [-0.2, 0) is 16.6 Å². The maximum Gasteiger partial charge on any atom is 0.258 e. The van der Waals surface area contributed by atoms with Crippen molar-refractivity contribution in [3.05, 3.63) is 71.3 Å². The molecule has 0 N–H and O–H groups in total. The minimum Gasteiger partial charge on any atom is -0.334 e. The lowest BCUT2D eigenvalue weighted by molar-refractivity contribution is 0.424. The molecular weight excluding hydrogens is 327 g/mol. The lowest BCUT2D eigenvalue weighted by Crippen LogP contribution is -2.06. The predicted molar refractivity (Wildman–Crippen MR) is 91.1 cm³/mol. The minimum atomic E-state index is -1.23. The number of benzene rings is 2. The first-order valence-electron chi connectivity index (χ1n) is 7.56. The van der Waals surface area contributed by atoms with E-state index in [0.717, 1.165) is 16.7 Å². The summed E-state index contributed by atoms with van der Waals surface area (Å²) in [5.41, 5.74) is 2.72. The molecule has 0 fully saturated rings. The molecule has 2 atom stereocenters. The van der Waals surface area contributed by atoms with Gasteiger partial charge in [-0.2, -0.15) is 4.98 Å². The molecule has 1 aromatic heterocycles. The zero-order valence-electron chi connectivity index (χ0n) is 13.4. The van der Waals surface area contributed by atoms with Crippen LogP contribution in [0.25, 0.3) is 11.5 Å². The van der Waals surface area contributed by atoms with Gasteiger partial charge in [-0.25, -0.2) is 4.39 Å². The van der Waals surface area contributed by atoms with Crippen molar-refractivity contribution in [1.29, 1.82) is 0 Å². The topological polar surface area (TPSA) is 56.0 Å². The Balaban J connectivity index is 1.73. The number of aromatic nitrogens is 2. The molecule has 3 rings (SSSR count). The standard InChI is InChI=1S/C18H17FN2O2S/c1-12-5-3-4-6-16(12)18-20-17(21-23-18)11-24(22)13(2)14-7-9-15(19)10-8-14/h3-10,13H,11H2,1-2H3. The first kappa shape index (κ1) is 16.5. The Kier molecular flexibility index (Phi) is 4.85. The fourth-order valence-electron chi connectivity index (χ4n) is 2.37. The molecule has 0 aliphatic carbocycles. The Hall–Kier alpha value is -2.34. The molecule has 0 bridgehead atoms. The number of halogens is 1. The van der Waals surface area contributed by atoms with Crippen LogP contribution in [0.5, 0.6) is 0 Å². The second kappa shape index (κ2) is 7.05. The maximum atomic E-state index is 13.0. The van der Waals surface area contributed by atoms with Gasteiger partial charge in [0.05, 0.1) is 11.0 Å². The van der Waals surface area contributed by atoms with Gasteiger partial charge in [-0.1, -0.05) is 35.5 Å². The number of hydrogen-bond donors (Lipinski definition) is 0. The van der Waals surface area contributed by atoms with Gasteiger partial charge in [-0.05, 0) is 43.2 Å². The Bertz CT molecular complexity index is 861. The Morgan fingerprint density at radius 3 is 2.58 bits per heavy atom. The predicted octanol–water partition coefficient (Wildman–Crippen LogP) is 4.19. The fourth-order valence-corrected chi connectivity index (χ4v) is 3.46. The highest BCUT2D eigenvalue weighted by Gasteiger charge is 2.18. The molecule has 0 aliphatic heterocycles. The van der Waals surface area contributed by atoms with Crippen LogP contribution >= 0.6 is 0 Å². The van der Waals surface area contributed by atoms with Gasteiger partial charge in [-0.15, -0.1) is 0 Å². The highest BCUT2D eigenvalue weighted by atomic mass is 32.2. The molecule has 0 amide bonds. The highest BCUT2D eigenvalue weighted by molar-refractivity contribution is 7.84. The van der Waals surface area contributed by atoms with E-state index in [1.807, 2.05) is 38.1 Å². The third-order valence-corrected chi connectivity index (χ3v) is 5.45. The van der Waals surface area contributed by atoms with Crippen molar-refractivity contribution < 1.29 is 13.1 Å². The maximum absolute atomic E-state index is 13.0. The van der Waals surface area contributed by atoms with Crippen LogP contribution in [0, 0.1) is 12.7 Å². The van der Waals surface area contributed by atoms with Gasteiger partial charge in [0.25, 0.3) is 5.89 Å². The average Bonchev–Trinajstić information content (AvgIpc) is 3.03.